The van der Waals surface area contributed by atoms with Crippen LogP contribution >= 0.6 is 0 Å². The molecular weight excluding hydrogens is 236 g/mol. The summed E-state index contributed by atoms with van der Waals surface area (Å²) in [4.78, 5) is 4.25. The van der Waals surface area contributed by atoms with Gasteiger partial charge in [0.05, 0.1) is 5.69 Å². The van der Waals surface area contributed by atoms with Crippen molar-refractivity contribution < 1.29 is 4.74 Å². The van der Waals surface area contributed by atoms with E-state index in [0.717, 1.165) is 24.3 Å². The second-order valence-electron chi connectivity index (χ2n) is 4.97. The first-order valence-electron chi connectivity index (χ1n) is 6.74. The quantitative estimate of drug-likeness (QED) is 0.916. The number of ether oxygens (including phenoxy) is 1. The van der Waals surface area contributed by atoms with Crippen molar-refractivity contribution in [2.75, 3.05) is 0 Å². The van der Waals surface area contributed by atoms with Gasteiger partial charge < -0.3 is 10.5 Å². The zero-order chi connectivity index (χ0) is 13.1. The van der Waals surface area contributed by atoms with Crippen LogP contribution in [0.25, 0.3) is 0 Å². The van der Waals surface area contributed by atoms with Gasteiger partial charge in [0.2, 0.25) is 0 Å². The SMILES string of the molecule is N[C@@H]1CCCc2ccc(OCc3ccccn3)cc21. The highest BCUT2D eigenvalue weighted by atomic mass is 16.5. The Hall–Kier alpha value is -1.87. The molecule has 19 heavy (non-hydrogen) atoms. The van der Waals surface area contributed by atoms with Crippen LogP contribution in [0.15, 0.2) is 42.6 Å². The van der Waals surface area contributed by atoms with Crippen molar-refractivity contribution in [3.05, 3.63) is 59.4 Å². The van der Waals surface area contributed by atoms with E-state index in [1.807, 2.05) is 24.3 Å². The van der Waals surface area contributed by atoms with Crippen molar-refractivity contribution in [1.82, 2.24) is 4.98 Å². The van der Waals surface area contributed by atoms with Crippen LogP contribution in [0.3, 0.4) is 0 Å². The van der Waals surface area contributed by atoms with Gasteiger partial charge in [-0.2, -0.15) is 0 Å². The predicted octanol–water partition coefficient (Wildman–Crippen LogP) is 3.00. The Balaban J connectivity index is 1.74. The molecular formula is C16H18N2O. The maximum Gasteiger partial charge on any atom is 0.130 e. The molecule has 0 radical (unpaired) electrons. The average Bonchev–Trinajstić information content (AvgIpc) is 2.47. The average molecular weight is 254 g/mol. The Morgan fingerprint density at radius 3 is 3.05 bits per heavy atom. The van der Waals surface area contributed by atoms with Gasteiger partial charge >= 0.3 is 0 Å². The molecule has 2 N–H and O–H groups in total. The third kappa shape index (κ3) is 2.76. The van der Waals surface area contributed by atoms with Crippen molar-refractivity contribution in [3.63, 3.8) is 0 Å². The summed E-state index contributed by atoms with van der Waals surface area (Å²) < 4.78 is 5.79. The zero-order valence-electron chi connectivity index (χ0n) is 10.9. The summed E-state index contributed by atoms with van der Waals surface area (Å²) in [5, 5.41) is 0. The molecule has 0 bridgehead atoms. The van der Waals surface area contributed by atoms with Gasteiger partial charge in [-0.05, 0) is 54.7 Å². The number of benzene rings is 1. The maximum atomic E-state index is 6.15. The number of pyridine rings is 1. The van der Waals surface area contributed by atoms with E-state index in [0.29, 0.717) is 6.61 Å². The number of hydrogen-bond donors (Lipinski definition) is 1. The summed E-state index contributed by atoms with van der Waals surface area (Å²) in [7, 11) is 0. The number of nitrogens with two attached hydrogens (primary N) is 1. The number of hydrogen-bond acceptors (Lipinski definition) is 3. The van der Waals surface area contributed by atoms with E-state index < -0.39 is 0 Å². The molecule has 0 spiro atoms. The van der Waals surface area contributed by atoms with Crippen LogP contribution in [0, 0.1) is 0 Å². The molecule has 1 heterocycles. The molecule has 0 amide bonds. The largest absolute Gasteiger partial charge is 0.487 e. The van der Waals surface area contributed by atoms with Crippen LogP contribution in [0.4, 0.5) is 0 Å². The van der Waals surface area contributed by atoms with E-state index in [4.69, 9.17) is 10.5 Å². The molecule has 1 aromatic heterocycles. The van der Waals surface area contributed by atoms with E-state index in [-0.39, 0.29) is 6.04 Å². The van der Waals surface area contributed by atoms with Gasteiger partial charge in [-0.25, -0.2) is 0 Å². The first kappa shape index (κ1) is 12.2. The number of rotatable bonds is 3. The molecule has 3 heteroatoms. The van der Waals surface area contributed by atoms with E-state index in [1.54, 1.807) is 6.20 Å². The molecule has 1 aliphatic carbocycles. The minimum absolute atomic E-state index is 0.155. The molecule has 0 saturated carbocycles. The van der Waals surface area contributed by atoms with Gasteiger partial charge in [-0.15, -0.1) is 0 Å². The van der Waals surface area contributed by atoms with Crippen LogP contribution in [-0.4, -0.2) is 4.98 Å². The lowest BCUT2D eigenvalue weighted by atomic mass is 9.88. The first-order valence-corrected chi connectivity index (χ1v) is 6.74. The Morgan fingerprint density at radius 1 is 1.26 bits per heavy atom. The van der Waals surface area contributed by atoms with Crippen molar-refractivity contribution in [2.45, 2.75) is 31.9 Å². The Morgan fingerprint density at radius 2 is 2.21 bits per heavy atom. The fraction of sp³-hybridized carbons (Fsp3) is 0.312. The highest BCUT2D eigenvalue weighted by Gasteiger charge is 2.17. The van der Waals surface area contributed by atoms with E-state index in [9.17, 15) is 0 Å². The van der Waals surface area contributed by atoms with Crippen LogP contribution in [-0.2, 0) is 13.0 Å². The van der Waals surface area contributed by atoms with E-state index in [2.05, 4.69) is 17.1 Å². The molecule has 0 unspecified atom stereocenters. The van der Waals surface area contributed by atoms with Crippen LogP contribution < -0.4 is 10.5 Å². The lowest BCUT2D eigenvalue weighted by molar-refractivity contribution is 0.300. The number of nitrogens with zero attached hydrogens (tertiary/aromatic N) is 1. The van der Waals surface area contributed by atoms with Gasteiger partial charge in [0.15, 0.2) is 0 Å². The fourth-order valence-corrected chi connectivity index (χ4v) is 2.54. The second-order valence-corrected chi connectivity index (χ2v) is 4.97. The molecule has 0 aliphatic heterocycles. The summed E-state index contributed by atoms with van der Waals surface area (Å²) in [6.45, 7) is 0.495. The van der Waals surface area contributed by atoms with Gasteiger partial charge in [0.25, 0.3) is 0 Å². The van der Waals surface area contributed by atoms with E-state index in [1.165, 1.54) is 17.5 Å². The third-order valence-electron chi connectivity index (χ3n) is 3.59. The van der Waals surface area contributed by atoms with Crippen LogP contribution in [0.5, 0.6) is 5.75 Å². The summed E-state index contributed by atoms with van der Waals surface area (Å²) in [5.41, 5.74) is 9.69. The number of aryl methyl sites for hydroxylation is 1. The minimum Gasteiger partial charge on any atom is -0.487 e. The lowest BCUT2D eigenvalue weighted by Crippen LogP contribution is -2.17. The van der Waals surface area contributed by atoms with Crippen LogP contribution in [0.1, 0.15) is 35.7 Å². The highest BCUT2D eigenvalue weighted by Crippen LogP contribution is 2.30. The second kappa shape index (κ2) is 5.41. The van der Waals surface area contributed by atoms with Gasteiger partial charge in [-0.3, -0.25) is 4.98 Å². The number of fused-ring (bicyclic) bond motifs is 1. The first-order chi connectivity index (χ1) is 9.33. The normalized spacial score (nSPS) is 17.8. The molecule has 2 aromatic rings. The summed E-state index contributed by atoms with van der Waals surface area (Å²) in [6, 6.07) is 12.2. The molecule has 0 saturated heterocycles. The molecule has 1 aliphatic rings. The van der Waals surface area contributed by atoms with Gasteiger partial charge in [-0.1, -0.05) is 12.1 Å². The van der Waals surface area contributed by atoms with Crippen LogP contribution in [0.2, 0.25) is 0 Å². The Labute approximate surface area is 113 Å². The Kier molecular flexibility index (Phi) is 3.47. The number of aromatic nitrogens is 1. The monoisotopic (exact) mass is 254 g/mol. The standard InChI is InChI=1S/C16H18N2O/c17-16-6-3-4-12-7-8-14(10-15(12)16)19-11-13-5-1-2-9-18-13/h1-2,5,7-10,16H,3-4,6,11,17H2/t16-/m1/s1. The molecule has 3 nitrogen and oxygen atoms in total. The van der Waals surface area contributed by atoms with Crippen molar-refractivity contribution in [1.29, 1.82) is 0 Å². The van der Waals surface area contributed by atoms with Crippen molar-refractivity contribution in [3.8, 4) is 5.75 Å². The fourth-order valence-electron chi connectivity index (χ4n) is 2.54. The molecule has 0 fully saturated rings. The highest BCUT2D eigenvalue weighted by molar-refractivity contribution is 5.39. The zero-order valence-corrected chi connectivity index (χ0v) is 10.9. The predicted molar refractivity (Wildman–Crippen MR) is 74.9 cm³/mol. The molecule has 98 valence electrons. The maximum absolute atomic E-state index is 6.15. The molecule has 1 atom stereocenters. The molecule has 3 rings (SSSR count). The van der Waals surface area contributed by atoms with Crippen molar-refractivity contribution in [2.24, 2.45) is 5.73 Å². The summed E-state index contributed by atoms with van der Waals surface area (Å²) >= 11 is 0. The molecule has 1 aromatic carbocycles. The topological polar surface area (TPSA) is 48.1 Å². The lowest BCUT2D eigenvalue weighted by Gasteiger charge is -2.22. The summed E-state index contributed by atoms with van der Waals surface area (Å²) in [6.07, 6.45) is 5.16. The third-order valence-corrected chi connectivity index (χ3v) is 3.59. The van der Waals surface area contributed by atoms with E-state index >= 15 is 0 Å². The smallest absolute Gasteiger partial charge is 0.130 e. The Bertz CT molecular complexity index is 554. The van der Waals surface area contributed by atoms with Gasteiger partial charge in [0, 0.05) is 12.2 Å². The van der Waals surface area contributed by atoms with Gasteiger partial charge in [0.1, 0.15) is 12.4 Å². The minimum atomic E-state index is 0.155. The summed E-state index contributed by atoms with van der Waals surface area (Å²) in [5.74, 6) is 0.877. The van der Waals surface area contributed by atoms with Crippen molar-refractivity contribution >= 4 is 0 Å².